The normalized spacial score (nSPS) is 17.6. The number of alkyl carbamates (subject to hydrolysis) is 1. The van der Waals surface area contributed by atoms with Gasteiger partial charge in [0.1, 0.15) is 13.2 Å². The van der Waals surface area contributed by atoms with Gasteiger partial charge in [-0.1, -0.05) is 0 Å². The number of rotatable bonds is 11. The number of esters is 1. The monoisotopic (exact) mass is 542 g/mol. The zero-order valence-electron chi connectivity index (χ0n) is 19.8. The Morgan fingerprint density at radius 2 is 1.50 bits per heavy atom. The van der Waals surface area contributed by atoms with Gasteiger partial charge in [0.15, 0.2) is 6.04 Å². The van der Waals surface area contributed by atoms with E-state index in [1.165, 1.54) is 65.2 Å². The van der Waals surface area contributed by atoms with Crippen LogP contribution >= 0.6 is 11.8 Å². The van der Waals surface area contributed by atoms with Crippen molar-refractivity contribution >= 4 is 41.1 Å². The molecule has 2 amide bonds. The molecule has 0 aliphatic carbocycles. The lowest BCUT2D eigenvalue weighted by Gasteiger charge is -2.38. The molecule has 2 aromatic carbocycles. The third kappa shape index (κ3) is 6.26. The highest BCUT2D eigenvalue weighted by Crippen LogP contribution is 2.39. The molecule has 1 N–H and O–H groups in total. The van der Waals surface area contributed by atoms with Gasteiger partial charge < -0.3 is 19.7 Å². The number of carbonyl (C=O) groups is 3. The first kappa shape index (κ1) is 26.6. The van der Waals surface area contributed by atoms with Crippen LogP contribution in [0.5, 0.6) is 0 Å². The van der Waals surface area contributed by atoms with E-state index < -0.39 is 28.0 Å². The molecule has 14 heteroatoms. The molecule has 198 valence electrons. The van der Waals surface area contributed by atoms with Crippen LogP contribution in [0.1, 0.15) is 17.5 Å². The molecule has 2 aliphatic rings. The third-order valence-corrected chi connectivity index (χ3v) is 6.94. The van der Waals surface area contributed by atoms with Crippen molar-refractivity contribution in [2.45, 2.75) is 31.7 Å². The smallest absolute Gasteiger partial charge is 0.407 e. The number of carbonyl (C=O) groups excluding carboxylic acids is 3. The number of non-ortho nitro benzene ring substituents is 2. The number of ether oxygens (including phenoxy) is 2. The minimum Gasteiger partial charge on any atom is -0.459 e. The summed E-state index contributed by atoms with van der Waals surface area (Å²) in [5, 5.41) is 24.1. The number of hydrogen-bond acceptors (Lipinski definition) is 10. The average Bonchev–Trinajstić information content (AvgIpc) is 3.20. The van der Waals surface area contributed by atoms with Crippen LogP contribution in [0.4, 0.5) is 16.2 Å². The van der Waals surface area contributed by atoms with Crippen LogP contribution in [0.15, 0.2) is 59.5 Å². The van der Waals surface area contributed by atoms with Crippen molar-refractivity contribution in [3.8, 4) is 0 Å². The van der Waals surface area contributed by atoms with Gasteiger partial charge in [0.2, 0.25) is 5.91 Å². The fourth-order valence-electron chi connectivity index (χ4n) is 3.89. The lowest BCUT2D eigenvalue weighted by molar-refractivity contribution is -0.385. The second-order valence-electron chi connectivity index (χ2n) is 8.35. The lowest BCUT2D eigenvalue weighted by Crippen LogP contribution is -2.55. The van der Waals surface area contributed by atoms with Gasteiger partial charge in [-0.05, 0) is 41.5 Å². The number of nitrogens with one attached hydrogen (secondary N) is 1. The maximum absolute atomic E-state index is 12.9. The van der Waals surface area contributed by atoms with Gasteiger partial charge in [-0.2, -0.15) is 0 Å². The summed E-state index contributed by atoms with van der Waals surface area (Å²) < 4.78 is 10.5. The number of thioether (sulfide) groups is 1. The van der Waals surface area contributed by atoms with Crippen molar-refractivity contribution in [3.63, 3.8) is 0 Å². The Hall–Kier alpha value is -4.46. The number of fused-ring (bicyclic) bond motifs is 1. The Morgan fingerprint density at radius 1 is 0.947 bits per heavy atom. The molecule has 38 heavy (non-hydrogen) atoms. The summed E-state index contributed by atoms with van der Waals surface area (Å²) in [4.78, 5) is 59.5. The maximum atomic E-state index is 12.9. The summed E-state index contributed by atoms with van der Waals surface area (Å²) in [6.07, 6.45) is 1.49. The molecule has 2 aromatic rings. The molecule has 0 bridgehead atoms. The van der Waals surface area contributed by atoms with Gasteiger partial charge in [-0.25, -0.2) is 9.59 Å². The quantitative estimate of drug-likeness (QED) is 0.146. The third-order valence-electron chi connectivity index (χ3n) is 5.84. The largest absolute Gasteiger partial charge is 0.459 e. The van der Waals surface area contributed by atoms with Crippen molar-refractivity contribution in [2.75, 3.05) is 12.3 Å². The fraction of sp³-hybridized carbons (Fsp3) is 0.292. The molecule has 2 atom stereocenters. The zero-order chi connectivity index (χ0) is 27.2. The summed E-state index contributed by atoms with van der Waals surface area (Å²) in [7, 11) is 0. The second kappa shape index (κ2) is 11.7. The predicted octanol–water partition coefficient (Wildman–Crippen LogP) is 3.07. The molecule has 1 saturated heterocycles. The van der Waals surface area contributed by atoms with E-state index in [1.807, 2.05) is 6.08 Å². The Bertz CT molecular complexity index is 1280. The van der Waals surface area contributed by atoms with E-state index in [9.17, 15) is 34.6 Å². The highest BCUT2D eigenvalue weighted by Gasteiger charge is 2.50. The lowest BCUT2D eigenvalue weighted by atomic mass is 10.0. The molecule has 0 radical (unpaired) electrons. The summed E-state index contributed by atoms with van der Waals surface area (Å²) in [5.41, 5.74) is 1.04. The number of amides is 2. The standard InChI is InChI=1S/C24H22N4O9S/c29-21-12-19-11-20(22(26(19)21)23(30)36-13-15-1-5-17(6-2-15)27(32)33)38-10-9-25-24(31)37-14-16-3-7-18(8-4-16)28(34)35/h1-8,11,19,22H,9-10,12-14H2,(H,25,31). The molecular weight excluding hydrogens is 520 g/mol. The van der Waals surface area contributed by atoms with Crippen molar-refractivity contribution in [1.82, 2.24) is 10.2 Å². The highest BCUT2D eigenvalue weighted by atomic mass is 32.2. The number of nitro benzene ring substituents is 2. The van der Waals surface area contributed by atoms with E-state index in [0.29, 0.717) is 28.2 Å². The van der Waals surface area contributed by atoms with E-state index >= 15 is 0 Å². The number of benzene rings is 2. The number of nitrogens with zero attached hydrogens (tertiary/aromatic N) is 3. The van der Waals surface area contributed by atoms with E-state index in [4.69, 9.17) is 9.47 Å². The molecule has 4 rings (SSSR count). The van der Waals surface area contributed by atoms with E-state index in [1.54, 1.807) is 0 Å². The second-order valence-corrected chi connectivity index (χ2v) is 9.52. The Kier molecular flexibility index (Phi) is 8.21. The van der Waals surface area contributed by atoms with Crippen LogP contribution in [-0.4, -0.2) is 57.1 Å². The van der Waals surface area contributed by atoms with Crippen LogP contribution in [0.25, 0.3) is 0 Å². The van der Waals surface area contributed by atoms with Gasteiger partial charge in [0, 0.05) is 41.5 Å². The van der Waals surface area contributed by atoms with Crippen molar-refractivity contribution in [1.29, 1.82) is 0 Å². The Morgan fingerprint density at radius 3 is 2.03 bits per heavy atom. The summed E-state index contributed by atoms with van der Waals surface area (Å²) in [6, 6.07) is 10.2. The van der Waals surface area contributed by atoms with Crippen LogP contribution in [-0.2, 0) is 32.3 Å². The van der Waals surface area contributed by atoms with Crippen LogP contribution < -0.4 is 5.32 Å². The summed E-state index contributed by atoms with van der Waals surface area (Å²) in [5.74, 6) is -0.362. The maximum Gasteiger partial charge on any atom is 0.407 e. The molecule has 0 spiro atoms. The van der Waals surface area contributed by atoms with Crippen molar-refractivity contribution in [2.24, 2.45) is 0 Å². The van der Waals surface area contributed by atoms with E-state index in [0.717, 1.165) is 0 Å². The molecule has 2 heterocycles. The molecule has 2 unspecified atom stereocenters. The van der Waals surface area contributed by atoms with E-state index in [2.05, 4.69) is 5.32 Å². The highest BCUT2D eigenvalue weighted by molar-refractivity contribution is 8.03. The SMILES string of the molecule is O=C(NCCSC1=CC2CC(=O)N2C1C(=O)OCc1ccc([N+](=O)[O-])cc1)OCc1ccc([N+](=O)[O-])cc1. The van der Waals surface area contributed by atoms with Gasteiger partial charge in [-0.3, -0.25) is 25.0 Å². The number of nitro groups is 2. The van der Waals surface area contributed by atoms with Gasteiger partial charge in [-0.15, -0.1) is 11.8 Å². The predicted molar refractivity (Wildman–Crippen MR) is 134 cm³/mol. The minimum absolute atomic E-state index is 0.0520. The fourth-order valence-corrected chi connectivity index (χ4v) is 4.95. The first-order chi connectivity index (χ1) is 18.2. The van der Waals surface area contributed by atoms with Gasteiger partial charge in [0.25, 0.3) is 11.4 Å². The van der Waals surface area contributed by atoms with Crippen molar-refractivity contribution < 1.29 is 33.7 Å². The molecule has 1 fully saturated rings. The minimum atomic E-state index is -0.876. The molecular formula is C24H22N4O9S. The number of β-lactam (4-membered cyclic amide) rings is 1. The Labute approximate surface area is 220 Å². The molecule has 2 aliphatic heterocycles. The molecule has 0 saturated carbocycles. The van der Waals surface area contributed by atoms with Gasteiger partial charge >= 0.3 is 12.1 Å². The van der Waals surface area contributed by atoms with Crippen LogP contribution in [0.2, 0.25) is 0 Å². The van der Waals surface area contributed by atoms with Crippen molar-refractivity contribution in [3.05, 3.63) is 90.9 Å². The van der Waals surface area contributed by atoms with E-state index in [-0.39, 0.29) is 43.1 Å². The topological polar surface area (TPSA) is 171 Å². The summed E-state index contributed by atoms with van der Waals surface area (Å²) in [6.45, 7) is 0.0773. The molecule has 13 nitrogen and oxygen atoms in total. The average molecular weight is 543 g/mol. The van der Waals surface area contributed by atoms with Crippen LogP contribution in [0.3, 0.4) is 0 Å². The molecule has 0 aromatic heterocycles. The first-order valence-corrected chi connectivity index (χ1v) is 12.4. The van der Waals surface area contributed by atoms with Gasteiger partial charge in [0.05, 0.1) is 22.3 Å². The number of hydrogen-bond donors (Lipinski definition) is 1. The summed E-state index contributed by atoms with van der Waals surface area (Å²) >= 11 is 1.31. The Balaban J connectivity index is 1.22. The first-order valence-electron chi connectivity index (χ1n) is 11.4. The zero-order valence-corrected chi connectivity index (χ0v) is 20.6. The van der Waals surface area contributed by atoms with Crippen LogP contribution in [0, 0.1) is 20.2 Å².